The third-order valence-electron chi connectivity index (χ3n) is 7.11. The van der Waals surface area contributed by atoms with Crippen molar-refractivity contribution in [3.8, 4) is 5.75 Å². The van der Waals surface area contributed by atoms with E-state index in [1.54, 1.807) is 7.11 Å². The Bertz CT molecular complexity index is 1200. The number of hydrogen-bond donors (Lipinski definition) is 3. The Balaban J connectivity index is 1.47. The fraction of sp³-hybridized carbons (Fsp3) is 0.536. The highest BCUT2D eigenvalue weighted by Crippen LogP contribution is 2.27. The zero-order valence-electron chi connectivity index (χ0n) is 23.0. The number of piperazine rings is 1. The smallest absolute Gasteiger partial charge is 0.223 e. The van der Waals surface area contributed by atoms with E-state index in [9.17, 15) is 4.79 Å². The number of rotatable bonds is 13. The molecule has 1 aromatic carbocycles. The van der Waals surface area contributed by atoms with E-state index in [-0.39, 0.29) is 11.9 Å². The van der Waals surface area contributed by atoms with Crippen molar-refractivity contribution in [2.45, 2.75) is 45.7 Å². The Hall–Kier alpha value is -3.37. The Kier molecular flexibility index (Phi) is 9.78. The Morgan fingerprint density at radius 1 is 1.08 bits per heavy atom. The number of methoxy groups -OCH3 is 1. The van der Waals surface area contributed by atoms with Crippen LogP contribution in [0.25, 0.3) is 11.0 Å². The maximum atomic E-state index is 12.3. The van der Waals surface area contributed by atoms with Crippen LogP contribution in [0.3, 0.4) is 0 Å². The molecule has 4 N–H and O–H groups in total. The summed E-state index contributed by atoms with van der Waals surface area (Å²) in [6.07, 6.45) is 6.01. The molecule has 10 heteroatoms. The van der Waals surface area contributed by atoms with Crippen LogP contribution < -0.4 is 21.1 Å². The van der Waals surface area contributed by atoms with Crippen molar-refractivity contribution in [1.82, 2.24) is 29.7 Å². The maximum absolute atomic E-state index is 12.3. The number of carbonyl (C=O) groups excluding carboxylic acids is 1. The van der Waals surface area contributed by atoms with Crippen molar-refractivity contribution in [2.75, 3.05) is 64.5 Å². The fourth-order valence-corrected chi connectivity index (χ4v) is 5.00. The van der Waals surface area contributed by atoms with E-state index in [0.717, 1.165) is 80.4 Å². The van der Waals surface area contributed by atoms with Crippen LogP contribution in [0.4, 0.5) is 11.8 Å². The average Bonchev–Trinajstić information content (AvgIpc) is 3.32. The minimum atomic E-state index is 0.231. The van der Waals surface area contributed by atoms with Crippen molar-refractivity contribution in [1.29, 1.82) is 0 Å². The topological polar surface area (TPSA) is 114 Å². The number of carbonyl (C=O) groups is 1. The van der Waals surface area contributed by atoms with Gasteiger partial charge in [-0.15, -0.1) is 0 Å². The second-order valence-corrected chi connectivity index (χ2v) is 9.90. The number of ether oxygens (including phenoxy) is 1. The van der Waals surface area contributed by atoms with Crippen LogP contribution in [0, 0.1) is 0 Å². The van der Waals surface area contributed by atoms with Crippen molar-refractivity contribution in [3.63, 3.8) is 0 Å². The first kappa shape index (κ1) is 27.7. The van der Waals surface area contributed by atoms with Gasteiger partial charge in [-0.3, -0.25) is 9.69 Å². The van der Waals surface area contributed by atoms with Crippen LogP contribution >= 0.6 is 0 Å². The second kappa shape index (κ2) is 13.4. The van der Waals surface area contributed by atoms with Gasteiger partial charge in [0.1, 0.15) is 11.3 Å². The van der Waals surface area contributed by atoms with Gasteiger partial charge in [-0.2, -0.15) is 4.98 Å². The van der Waals surface area contributed by atoms with Gasteiger partial charge in [0.2, 0.25) is 11.9 Å². The summed E-state index contributed by atoms with van der Waals surface area (Å²) in [6.45, 7) is 8.54. The molecular formula is C28H42N8O2. The first-order valence-corrected chi connectivity index (χ1v) is 13.7. The minimum absolute atomic E-state index is 0.231. The van der Waals surface area contributed by atoms with E-state index >= 15 is 0 Å². The number of amides is 1. The molecule has 4 rings (SSSR count). The van der Waals surface area contributed by atoms with Gasteiger partial charge >= 0.3 is 0 Å². The normalized spacial score (nSPS) is 14.2. The zero-order valence-corrected chi connectivity index (χ0v) is 23.0. The van der Waals surface area contributed by atoms with E-state index in [4.69, 9.17) is 10.5 Å². The molecule has 0 aliphatic carbocycles. The number of nitrogen functional groups attached to an aromatic ring is 1. The van der Waals surface area contributed by atoms with Crippen LogP contribution in [-0.4, -0.2) is 83.7 Å². The quantitative estimate of drug-likeness (QED) is 0.294. The van der Waals surface area contributed by atoms with E-state index in [0.29, 0.717) is 13.0 Å². The standard InChI is InChI=1S/C28H42N8O2/c1-4-5-6-11-31-27-26-23(32-28(29)33-27)10-13-36(26)20-22-18-21(7-8-24(22)38-3)19-34-14-16-35(17-15-34)25(37)9-12-30-2/h7-8,10,13,18,30H,4-6,9,11-12,14-17,19-20H2,1-3H3,(H3,29,31,32,33). The summed E-state index contributed by atoms with van der Waals surface area (Å²) in [7, 11) is 3.59. The summed E-state index contributed by atoms with van der Waals surface area (Å²) in [5, 5.41) is 6.52. The molecule has 1 saturated heterocycles. The van der Waals surface area contributed by atoms with Crippen LogP contribution in [0.1, 0.15) is 43.7 Å². The molecule has 10 nitrogen and oxygen atoms in total. The third kappa shape index (κ3) is 6.93. The number of nitrogens with zero attached hydrogens (tertiary/aromatic N) is 5. The number of fused-ring (bicyclic) bond motifs is 1. The molecule has 0 radical (unpaired) electrons. The summed E-state index contributed by atoms with van der Waals surface area (Å²) in [5.41, 5.74) is 10.1. The number of nitrogens with one attached hydrogen (secondary N) is 2. The lowest BCUT2D eigenvalue weighted by Crippen LogP contribution is -2.48. The van der Waals surface area contributed by atoms with Gasteiger partial charge in [0.25, 0.3) is 0 Å². The van der Waals surface area contributed by atoms with Crippen molar-refractivity contribution in [2.24, 2.45) is 0 Å². The molecular weight excluding hydrogens is 480 g/mol. The average molecular weight is 523 g/mol. The first-order chi connectivity index (χ1) is 18.5. The predicted molar refractivity (Wildman–Crippen MR) is 152 cm³/mol. The number of unbranched alkanes of at least 4 members (excludes halogenated alkanes) is 2. The Morgan fingerprint density at radius 2 is 1.89 bits per heavy atom. The molecule has 3 heterocycles. The molecule has 38 heavy (non-hydrogen) atoms. The molecule has 206 valence electrons. The van der Waals surface area contributed by atoms with Gasteiger partial charge < -0.3 is 30.6 Å². The van der Waals surface area contributed by atoms with E-state index < -0.39 is 0 Å². The van der Waals surface area contributed by atoms with Gasteiger partial charge in [0.05, 0.1) is 19.2 Å². The maximum Gasteiger partial charge on any atom is 0.223 e. The van der Waals surface area contributed by atoms with Gasteiger partial charge in [-0.05, 0) is 37.2 Å². The van der Waals surface area contributed by atoms with Gasteiger partial charge in [-0.25, -0.2) is 4.98 Å². The lowest BCUT2D eigenvalue weighted by atomic mass is 10.1. The minimum Gasteiger partial charge on any atom is -0.496 e. The molecule has 1 amide bonds. The van der Waals surface area contributed by atoms with E-state index in [1.807, 2.05) is 30.3 Å². The SMILES string of the molecule is CCCCCNc1nc(N)nc2ccn(Cc3cc(CN4CCN(C(=O)CCNC)CC4)ccc3OC)c12. The highest BCUT2D eigenvalue weighted by atomic mass is 16.5. The van der Waals surface area contributed by atoms with Gasteiger partial charge in [0.15, 0.2) is 5.82 Å². The van der Waals surface area contributed by atoms with Crippen molar-refractivity contribution in [3.05, 3.63) is 41.6 Å². The zero-order chi connectivity index (χ0) is 26.9. The largest absolute Gasteiger partial charge is 0.496 e. The monoisotopic (exact) mass is 522 g/mol. The van der Waals surface area contributed by atoms with Crippen LogP contribution in [0.2, 0.25) is 0 Å². The lowest BCUT2D eigenvalue weighted by molar-refractivity contribution is -0.132. The van der Waals surface area contributed by atoms with Crippen LogP contribution in [-0.2, 0) is 17.9 Å². The summed E-state index contributed by atoms with van der Waals surface area (Å²) >= 11 is 0. The van der Waals surface area contributed by atoms with Crippen molar-refractivity contribution < 1.29 is 9.53 Å². The van der Waals surface area contributed by atoms with Crippen molar-refractivity contribution >= 4 is 28.7 Å². The molecule has 3 aromatic rings. The number of benzene rings is 1. The highest BCUT2D eigenvalue weighted by molar-refractivity contribution is 5.87. The Morgan fingerprint density at radius 3 is 2.63 bits per heavy atom. The first-order valence-electron chi connectivity index (χ1n) is 13.7. The molecule has 2 aromatic heterocycles. The fourth-order valence-electron chi connectivity index (χ4n) is 5.00. The predicted octanol–water partition coefficient (Wildman–Crippen LogP) is 2.93. The van der Waals surface area contributed by atoms with E-state index in [2.05, 4.69) is 49.1 Å². The molecule has 0 saturated carbocycles. The van der Waals surface area contributed by atoms with Gasteiger partial charge in [0, 0.05) is 64.0 Å². The van der Waals surface area contributed by atoms with Crippen LogP contribution in [0.15, 0.2) is 30.5 Å². The third-order valence-corrected chi connectivity index (χ3v) is 7.11. The molecule has 1 aliphatic rings. The molecule has 0 spiro atoms. The summed E-state index contributed by atoms with van der Waals surface area (Å²) in [6, 6.07) is 8.39. The summed E-state index contributed by atoms with van der Waals surface area (Å²) in [5.74, 6) is 2.13. The molecule has 0 atom stereocenters. The summed E-state index contributed by atoms with van der Waals surface area (Å²) in [4.78, 5) is 25.7. The lowest BCUT2D eigenvalue weighted by Gasteiger charge is -2.35. The number of nitrogens with two attached hydrogens (primary N) is 1. The number of anilines is 2. The molecule has 0 bridgehead atoms. The molecule has 0 unspecified atom stereocenters. The van der Waals surface area contributed by atoms with E-state index in [1.165, 1.54) is 18.4 Å². The highest BCUT2D eigenvalue weighted by Gasteiger charge is 2.21. The van der Waals surface area contributed by atoms with Crippen LogP contribution in [0.5, 0.6) is 5.75 Å². The molecule has 1 fully saturated rings. The Labute approximate surface area is 225 Å². The summed E-state index contributed by atoms with van der Waals surface area (Å²) < 4.78 is 7.88. The number of hydrogen-bond acceptors (Lipinski definition) is 8. The number of aromatic nitrogens is 3. The second-order valence-electron chi connectivity index (χ2n) is 9.90. The molecule has 1 aliphatic heterocycles. The van der Waals surface area contributed by atoms with Gasteiger partial charge in [-0.1, -0.05) is 25.8 Å².